The standard InChI is InChI=1S/C11H9NO3/c1-6-9-3-2-8(13)4-7(9)5-10(12-6)11(14)15/h2-5,13H,1H3,(H,14,15). The fraction of sp³-hybridized carbons (Fsp3) is 0.0909. The Morgan fingerprint density at radius 1 is 1.33 bits per heavy atom. The van der Waals surface area contributed by atoms with Gasteiger partial charge in [0.05, 0.1) is 0 Å². The first kappa shape index (κ1) is 9.45. The highest BCUT2D eigenvalue weighted by atomic mass is 16.4. The number of aromatic hydroxyl groups is 1. The molecule has 2 rings (SSSR count). The molecule has 0 spiro atoms. The van der Waals surface area contributed by atoms with Crippen LogP contribution >= 0.6 is 0 Å². The van der Waals surface area contributed by atoms with Crippen LogP contribution in [0.5, 0.6) is 5.75 Å². The fourth-order valence-electron chi connectivity index (χ4n) is 1.53. The summed E-state index contributed by atoms with van der Waals surface area (Å²) in [4.78, 5) is 14.7. The van der Waals surface area contributed by atoms with Crippen LogP contribution in [0.25, 0.3) is 10.8 Å². The predicted octanol–water partition coefficient (Wildman–Crippen LogP) is 1.95. The van der Waals surface area contributed by atoms with Crippen molar-refractivity contribution < 1.29 is 15.0 Å². The van der Waals surface area contributed by atoms with Gasteiger partial charge in [0, 0.05) is 11.1 Å². The van der Waals surface area contributed by atoms with Crippen LogP contribution in [0, 0.1) is 6.92 Å². The van der Waals surface area contributed by atoms with Crippen LogP contribution in [0.15, 0.2) is 24.3 Å². The van der Waals surface area contributed by atoms with Crippen LogP contribution in [0.4, 0.5) is 0 Å². The summed E-state index contributed by atoms with van der Waals surface area (Å²) in [6.45, 7) is 1.74. The minimum absolute atomic E-state index is 0.00870. The average Bonchev–Trinajstić information content (AvgIpc) is 2.16. The molecular weight excluding hydrogens is 194 g/mol. The molecule has 2 aromatic rings. The zero-order chi connectivity index (χ0) is 11.0. The molecule has 1 aromatic carbocycles. The molecule has 15 heavy (non-hydrogen) atoms. The van der Waals surface area contributed by atoms with Gasteiger partial charge in [0.1, 0.15) is 11.4 Å². The molecule has 0 saturated heterocycles. The summed E-state index contributed by atoms with van der Waals surface area (Å²) in [6, 6.07) is 6.25. The number of aryl methyl sites for hydroxylation is 1. The molecule has 76 valence electrons. The number of fused-ring (bicyclic) bond motifs is 1. The van der Waals surface area contributed by atoms with Crippen molar-refractivity contribution in [2.45, 2.75) is 6.92 Å². The van der Waals surface area contributed by atoms with Gasteiger partial charge in [-0.2, -0.15) is 0 Å². The summed E-state index contributed by atoms with van der Waals surface area (Å²) >= 11 is 0. The second kappa shape index (κ2) is 3.24. The van der Waals surface area contributed by atoms with E-state index in [4.69, 9.17) is 5.11 Å². The van der Waals surface area contributed by atoms with Gasteiger partial charge >= 0.3 is 5.97 Å². The second-order valence-electron chi connectivity index (χ2n) is 3.30. The van der Waals surface area contributed by atoms with Crippen molar-refractivity contribution in [2.75, 3.05) is 0 Å². The van der Waals surface area contributed by atoms with E-state index in [2.05, 4.69) is 4.98 Å². The third kappa shape index (κ3) is 1.61. The summed E-state index contributed by atoms with van der Waals surface area (Å²) in [7, 11) is 0. The molecule has 0 radical (unpaired) electrons. The molecular formula is C11H9NO3. The first-order valence-electron chi connectivity index (χ1n) is 4.41. The third-order valence-corrected chi connectivity index (χ3v) is 2.22. The molecule has 0 aliphatic carbocycles. The molecule has 0 aliphatic heterocycles. The number of phenols is 1. The van der Waals surface area contributed by atoms with E-state index >= 15 is 0 Å². The molecule has 0 amide bonds. The van der Waals surface area contributed by atoms with Gasteiger partial charge in [-0.3, -0.25) is 0 Å². The third-order valence-electron chi connectivity index (χ3n) is 2.22. The number of aromatic nitrogens is 1. The lowest BCUT2D eigenvalue weighted by Crippen LogP contribution is -2.01. The van der Waals surface area contributed by atoms with Gasteiger partial charge in [-0.25, -0.2) is 9.78 Å². The van der Waals surface area contributed by atoms with Gasteiger partial charge in [0.15, 0.2) is 0 Å². The Bertz CT molecular complexity index is 549. The molecule has 0 saturated carbocycles. The zero-order valence-corrected chi connectivity index (χ0v) is 8.06. The van der Waals surface area contributed by atoms with E-state index in [-0.39, 0.29) is 11.4 Å². The van der Waals surface area contributed by atoms with E-state index in [1.807, 2.05) is 0 Å². The summed E-state index contributed by atoms with van der Waals surface area (Å²) in [5.41, 5.74) is 0.635. The van der Waals surface area contributed by atoms with Crippen molar-refractivity contribution in [1.82, 2.24) is 4.98 Å². The number of carbonyl (C=O) groups is 1. The number of hydrogen-bond acceptors (Lipinski definition) is 3. The molecule has 1 aromatic heterocycles. The van der Waals surface area contributed by atoms with Crippen molar-refractivity contribution in [3.63, 3.8) is 0 Å². The molecule has 0 bridgehead atoms. The predicted molar refractivity (Wildman–Crippen MR) is 55.1 cm³/mol. The Labute approximate surface area is 85.8 Å². The normalized spacial score (nSPS) is 10.5. The number of carboxylic acids is 1. The summed E-state index contributed by atoms with van der Waals surface area (Å²) in [5.74, 6) is -0.951. The van der Waals surface area contributed by atoms with Crippen molar-refractivity contribution in [1.29, 1.82) is 0 Å². The molecule has 4 nitrogen and oxygen atoms in total. The Morgan fingerprint density at radius 2 is 2.07 bits per heavy atom. The summed E-state index contributed by atoms with van der Waals surface area (Å²) < 4.78 is 0. The highest BCUT2D eigenvalue weighted by molar-refractivity contribution is 5.93. The maximum absolute atomic E-state index is 10.8. The summed E-state index contributed by atoms with van der Waals surface area (Å²) in [5, 5.41) is 19.6. The van der Waals surface area contributed by atoms with Crippen LogP contribution in [0.1, 0.15) is 16.2 Å². The minimum Gasteiger partial charge on any atom is -0.508 e. The van der Waals surface area contributed by atoms with E-state index in [0.29, 0.717) is 11.1 Å². The van der Waals surface area contributed by atoms with Crippen LogP contribution < -0.4 is 0 Å². The molecule has 0 aliphatic rings. The number of nitrogens with zero attached hydrogens (tertiary/aromatic N) is 1. The number of phenolic OH excluding ortho intramolecular Hbond substituents is 1. The minimum atomic E-state index is -1.07. The molecule has 2 N–H and O–H groups in total. The van der Waals surface area contributed by atoms with Crippen molar-refractivity contribution in [2.24, 2.45) is 0 Å². The smallest absolute Gasteiger partial charge is 0.354 e. The van der Waals surface area contributed by atoms with Crippen molar-refractivity contribution in [3.8, 4) is 5.75 Å². The van der Waals surface area contributed by atoms with Crippen LogP contribution in [0.3, 0.4) is 0 Å². The highest BCUT2D eigenvalue weighted by Gasteiger charge is 2.08. The monoisotopic (exact) mass is 203 g/mol. The average molecular weight is 203 g/mol. The molecule has 0 fully saturated rings. The SMILES string of the molecule is Cc1nc(C(=O)O)cc2cc(O)ccc12. The van der Waals surface area contributed by atoms with Gasteiger partial charge in [-0.15, -0.1) is 0 Å². The zero-order valence-electron chi connectivity index (χ0n) is 8.06. The second-order valence-corrected chi connectivity index (χ2v) is 3.30. The Morgan fingerprint density at radius 3 is 2.73 bits per heavy atom. The number of benzene rings is 1. The van der Waals surface area contributed by atoms with E-state index in [1.54, 1.807) is 19.1 Å². The number of aromatic carboxylic acids is 1. The van der Waals surface area contributed by atoms with Crippen LogP contribution in [0.2, 0.25) is 0 Å². The Hall–Kier alpha value is -2.10. The number of carboxylic acid groups (broad SMARTS) is 1. The topological polar surface area (TPSA) is 70.4 Å². The van der Waals surface area contributed by atoms with Crippen LogP contribution in [-0.2, 0) is 0 Å². The maximum Gasteiger partial charge on any atom is 0.354 e. The van der Waals surface area contributed by atoms with Gasteiger partial charge in [0.2, 0.25) is 0 Å². The van der Waals surface area contributed by atoms with Gasteiger partial charge in [-0.05, 0) is 36.6 Å². The quantitative estimate of drug-likeness (QED) is 0.743. The highest BCUT2D eigenvalue weighted by Crippen LogP contribution is 2.22. The number of hydrogen-bond donors (Lipinski definition) is 2. The van der Waals surface area contributed by atoms with Gasteiger partial charge < -0.3 is 10.2 Å². The Kier molecular flexibility index (Phi) is 2.04. The summed E-state index contributed by atoms with van der Waals surface area (Å²) in [6.07, 6.45) is 0. The largest absolute Gasteiger partial charge is 0.508 e. The van der Waals surface area contributed by atoms with E-state index in [1.165, 1.54) is 12.1 Å². The first-order valence-corrected chi connectivity index (χ1v) is 4.41. The van der Waals surface area contributed by atoms with Gasteiger partial charge in [-0.1, -0.05) is 0 Å². The lowest BCUT2D eigenvalue weighted by atomic mass is 10.1. The van der Waals surface area contributed by atoms with Crippen molar-refractivity contribution >= 4 is 16.7 Å². The Balaban J connectivity index is 2.79. The number of rotatable bonds is 1. The lowest BCUT2D eigenvalue weighted by Gasteiger charge is -2.03. The van der Waals surface area contributed by atoms with E-state index < -0.39 is 5.97 Å². The molecule has 4 heteroatoms. The van der Waals surface area contributed by atoms with Crippen LogP contribution in [-0.4, -0.2) is 21.2 Å². The molecule has 0 unspecified atom stereocenters. The fourth-order valence-corrected chi connectivity index (χ4v) is 1.53. The van der Waals surface area contributed by atoms with E-state index in [0.717, 1.165) is 5.39 Å². The molecule has 0 atom stereocenters. The van der Waals surface area contributed by atoms with Gasteiger partial charge in [0.25, 0.3) is 0 Å². The first-order chi connectivity index (χ1) is 7.08. The number of pyridine rings is 1. The van der Waals surface area contributed by atoms with Crippen molar-refractivity contribution in [3.05, 3.63) is 35.7 Å². The maximum atomic E-state index is 10.8. The lowest BCUT2D eigenvalue weighted by molar-refractivity contribution is 0.0690. The van der Waals surface area contributed by atoms with E-state index in [9.17, 15) is 9.90 Å². The molecule has 1 heterocycles.